The van der Waals surface area contributed by atoms with Gasteiger partial charge in [-0.3, -0.25) is 0 Å². The summed E-state index contributed by atoms with van der Waals surface area (Å²) < 4.78 is 1.13. The van der Waals surface area contributed by atoms with Gasteiger partial charge in [-0.2, -0.15) is 4.98 Å². The largest absolute Gasteiger partial charge is 0.354 e. The van der Waals surface area contributed by atoms with Crippen molar-refractivity contribution in [3.05, 3.63) is 6.33 Å². The molecule has 2 aromatic rings. The Morgan fingerprint density at radius 1 is 1.18 bits per heavy atom. The zero-order chi connectivity index (χ0) is 15.3. The van der Waals surface area contributed by atoms with E-state index in [2.05, 4.69) is 31.8 Å². The summed E-state index contributed by atoms with van der Waals surface area (Å²) in [4.78, 5) is 20.7. The molecule has 118 valence electrons. The van der Waals surface area contributed by atoms with Gasteiger partial charge in [0, 0.05) is 32.7 Å². The smallest absolute Gasteiger partial charge is 0.187 e. The molecule has 0 aliphatic carbocycles. The number of aromatic nitrogens is 3. The Morgan fingerprint density at radius 2 is 2.05 bits per heavy atom. The van der Waals surface area contributed by atoms with Crippen molar-refractivity contribution in [2.45, 2.75) is 31.3 Å². The lowest BCUT2D eigenvalue weighted by molar-refractivity contribution is 0.180. The van der Waals surface area contributed by atoms with E-state index in [9.17, 15) is 0 Å². The van der Waals surface area contributed by atoms with E-state index in [0.717, 1.165) is 27.8 Å². The van der Waals surface area contributed by atoms with Crippen molar-refractivity contribution in [3.8, 4) is 0 Å². The molecule has 2 fully saturated rings. The first-order valence-corrected chi connectivity index (χ1v) is 8.72. The van der Waals surface area contributed by atoms with Gasteiger partial charge in [0.05, 0.1) is 0 Å². The summed E-state index contributed by atoms with van der Waals surface area (Å²) in [7, 11) is 6.30. The van der Waals surface area contributed by atoms with Crippen LogP contribution in [0.3, 0.4) is 0 Å². The summed E-state index contributed by atoms with van der Waals surface area (Å²) in [5.41, 5.74) is 0.825. The number of hydrogen-bond acceptors (Lipinski definition) is 7. The van der Waals surface area contributed by atoms with Crippen LogP contribution in [0.4, 0.5) is 10.9 Å². The summed E-state index contributed by atoms with van der Waals surface area (Å²) in [6.07, 6.45) is 5.43. The van der Waals surface area contributed by atoms with E-state index in [0.29, 0.717) is 12.1 Å². The summed E-state index contributed by atoms with van der Waals surface area (Å²) in [5.74, 6) is 1.08. The molecular weight excluding hydrogens is 296 g/mol. The topological polar surface area (TPSA) is 48.4 Å². The molecule has 2 saturated heterocycles. The highest BCUT2D eigenvalue weighted by molar-refractivity contribution is 7.22. The van der Waals surface area contributed by atoms with Crippen LogP contribution in [0.5, 0.6) is 0 Å². The van der Waals surface area contributed by atoms with Crippen molar-refractivity contribution in [3.63, 3.8) is 0 Å². The third kappa shape index (κ3) is 2.14. The molecule has 0 aromatic carbocycles. The minimum Gasteiger partial charge on any atom is -0.354 e. The van der Waals surface area contributed by atoms with Crippen LogP contribution in [0.15, 0.2) is 6.33 Å². The molecule has 2 atom stereocenters. The van der Waals surface area contributed by atoms with Gasteiger partial charge in [-0.15, -0.1) is 0 Å². The predicted octanol–water partition coefficient (Wildman–Crippen LogP) is 1.83. The lowest BCUT2D eigenvalue weighted by Crippen LogP contribution is -2.48. The SMILES string of the molecule is CN(C)c1nc2ncnc(N3CCC4C3CCCN4C)c2s1. The average Bonchev–Trinajstić information content (AvgIpc) is 3.11. The van der Waals surface area contributed by atoms with E-state index in [4.69, 9.17) is 0 Å². The molecule has 0 N–H and O–H groups in total. The normalized spacial score (nSPS) is 25.7. The van der Waals surface area contributed by atoms with E-state index in [1.165, 1.54) is 25.8 Å². The fourth-order valence-electron chi connectivity index (χ4n) is 3.81. The highest BCUT2D eigenvalue weighted by Gasteiger charge is 2.40. The molecule has 2 unspecified atom stereocenters. The van der Waals surface area contributed by atoms with Crippen LogP contribution in [-0.2, 0) is 0 Å². The third-order valence-electron chi connectivity index (χ3n) is 4.90. The molecule has 0 bridgehead atoms. The van der Waals surface area contributed by atoms with Crippen molar-refractivity contribution < 1.29 is 0 Å². The average molecular weight is 318 g/mol. The van der Waals surface area contributed by atoms with Crippen LogP contribution in [-0.4, -0.2) is 66.2 Å². The fourth-order valence-corrected chi connectivity index (χ4v) is 4.75. The van der Waals surface area contributed by atoms with Crippen molar-refractivity contribution in [2.75, 3.05) is 44.0 Å². The van der Waals surface area contributed by atoms with Crippen molar-refractivity contribution in [1.29, 1.82) is 0 Å². The van der Waals surface area contributed by atoms with Crippen molar-refractivity contribution in [1.82, 2.24) is 19.9 Å². The summed E-state index contributed by atoms with van der Waals surface area (Å²) in [6.45, 7) is 2.31. The Hall–Kier alpha value is -1.47. The Labute approximate surface area is 134 Å². The maximum absolute atomic E-state index is 4.63. The molecule has 4 rings (SSSR count). The van der Waals surface area contributed by atoms with Crippen LogP contribution in [0.1, 0.15) is 19.3 Å². The number of likely N-dealkylation sites (N-methyl/N-ethyl adjacent to an activating group) is 1. The van der Waals surface area contributed by atoms with Gasteiger partial charge in [-0.1, -0.05) is 11.3 Å². The number of nitrogens with zero attached hydrogens (tertiary/aromatic N) is 6. The predicted molar refractivity (Wildman–Crippen MR) is 90.9 cm³/mol. The van der Waals surface area contributed by atoms with E-state index < -0.39 is 0 Å². The minimum absolute atomic E-state index is 0.585. The van der Waals surface area contributed by atoms with Crippen LogP contribution in [0.2, 0.25) is 0 Å². The third-order valence-corrected chi connectivity index (χ3v) is 6.11. The monoisotopic (exact) mass is 318 g/mol. The van der Waals surface area contributed by atoms with E-state index in [1.54, 1.807) is 17.7 Å². The van der Waals surface area contributed by atoms with Gasteiger partial charge in [0.25, 0.3) is 0 Å². The molecule has 22 heavy (non-hydrogen) atoms. The second kappa shape index (κ2) is 5.31. The molecule has 6 nitrogen and oxygen atoms in total. The Kier molecular flexibility index (Phi) is 3.41. The molecular formula is C15H22N6S. The van der Waals surface area contributed by atoms with Crippen LogP contribution >= 0.6 is 11.3 Å². The molecule has 0 amide bonds. The van der Waals surface area contributed by atoms with Crippen molar-refractivity contribution in [2.24, 2.45) is 0 Å². The molecule has 2 aromatic heterocycles. The number of rotatable bonds is 2. The van der Waals surface area contributed by atoms with Gasteiger partial charge in [-0.25, -0.2) is 9.97 Å². The minimum atomic E-state index is 0.585. The molecule has 7 heteroatoms. The van der Waals surface area contributed by atoms with Gasteiger partial charge in [0.15, 0.2) is 16.6 Å². The number of piperidine rings is 1. The number of thiazole rings is 1. The van der Waals surface area contributed by atoms with Gasteiger partial charge in [-0.05, 0) is 32.9 Å². The first-order valence-electron chi connectivity index (χ1n) is 7.91. The lowest BCUT2D eigenvalue weighted by atomic mass is 9.97. The molecule has 2 aliphatic heterocycles. The first-order chi connectivity index (χ1) is 10.6. The van der Waals surface area contributed by atoms with E-state index in [-0.39, 0.29) is 0 Å². The second-order valence-electron chi connectivity index (χ2n) is 6.48. The second-order valence-corrected chi connectivity index (χ2v) is 7.46. The van der Waals surface area contributed by atoms with Gasteiger partial charge < -0.3 is 14.7 Å². The first kappa shape index (κ1) is 14.1. The molecule has 0 radical (unpaired) electrons. The highest BCUT2D eigenvalue weighted by atomic mass is 32.1. The summed E-state index contributed by atoms with van der Waals surface area (Å²) in [5, 5.41) is 0.994. The number of hydrogen-bond donors (Lipinski definition) is 0. The summed E-state index contributed by atoms with van der Waals surface area (Å²) in [6, 6.07) is 1.25. The number of likely N-dealkylation sites (tertiary alicyclic amines) is 1. The zero-order valence-corrected chi connectivity index (χ0v) is 14.2. The number of anilines is 2. The Balaban J connectivity index is 1.74. The van der Waals surface area contributed by atoms with Crippen LogP contribution < -0.4 is 9.80 Å². The Bertz CT molecular complexity index is 684. The number of fused-ring (bicyclic) bond motifs is 2. The quantitative estimate of drug-likeness (QED) is 0.842. The fraction of sp³-hybridized carbons (Fsp3) is 0.667. The highest BCUT2D eigenvalue weighted by Crippen LogP contribution is 2.38. The van der Waals surface area contributed by atoms with Crippen LogP contribution in [0, 0.1) is 0 Å². The Morgan fingerprint density at radius 3 is 2.86 bits per heavy atom. The maximum Gasteiger partial charge on any atom is 0.187 e. The van der Waals surface area contributed by atoms with E-state index >= 15 is 0 Å². The van der Waals surface area contributed by atoms with E-state index in [1.807, 2.05) is 19.0 Å². The summed E-state index contributed by atoms with van der Waals surface area (Å²) >= 11 is 1.69. The van der Waals surface area contributed by atoms with Crippen molar-refractivity contribution >= 4 is 32.6 Å². The van der Waals surface area contributed by atoms with Gasteiger partial charge in [0.2, 0.25) is 0 Å². The molecule has 0 spiro atoms. The lowest BCUT2D eigenvalue weighted by Gasteiger charge is -2.38. The molecule has 0 saturated carbocycles. The van der Waals surface area contributed by atoms with Gasteiger partial charge in [0.1, 0.15) is 11.0 Å². The van der Waals surface area contributed by atoms with Gasteiger partial charge >= 0.3 is 0 Å². The van der Waals surface area contributed by atoms with Crippen LogP contribution in [0.25, 0.3) is 10.3 Å². The molecule has 4 heterocycles. The zero-order valence-electron chi connectivity index (χ0n) is 13.4. The standard InChI is InChI=1S/C15H22N6S/c1-19(2)15-18-13-12(22-15)14(17-9-16-13)21-8-6-10-11(21)5-4-7-20(10)3/h9-11H,4-8H2,1-3H3. The maximum atomic E-state index is 4.63. The molecule has 2 aliphatic rings.